The summed E-state index contributed by atoms with van der Waals surface area (Å²) in [5.74, 6) is 0.685. The maximum absolute atomic E-state index is 9.22. The fraction of sp³-hybridized carbons (Fsp3) is 0.353. The van der Waals surface area contributed by atoms with Gasteiger partial charge in [-0.05, 0) is 26.2 Å². The van der Waals surface area contributed by atoms with Crippen molar-refractivity contribution in [1.82, 2.24) is 9.97 Å². The van der Waals surface area contributed by atoms with Crippen LogP contribution < -0.4 is 4.90 Å². The lowest BCUT2D eigenvalue weighted by Crippen LogP contribution is -2.31. The van der Waals surface area contributed by atoms with Gasteiger partial charge in [0.2, 0.25) is 5.95 Å². The van der Waals surface area contributed by atoms with Crippen molar-refractivity contribution in [2.24, 2.45) is 0 Å². The number of anilines is 1. The van der Waals surface area contributed by atoms with E-state index in [0.29, 0.717) is 11.6 Å². The highest BCUT2D eigenvalue weighted by Crippen LogP contribution is 2.23. The first-order valence-corrected chi connectivity index (χ1v) is 7.37. The van der Waals surface area contributed by atoms with E-state index in [9.17, 15) is 5.26 Å². The van der Waals surface area contributed by atoms with Gasteiger partial charge >= 0.3 is 0 Å². The fourth-order valence-corrected chi connectivity index (χ4v) is 2.60. The van der Waals surface area contributed by atoms with Gasteiger partial charge in [-0.1, -0.05) is 29.8 Å². The molecule has 1 saturated heterocycles. The van der Waals surface area contributed by atoms with Crippen LogP contribution in [0, 0.1) is 18.3 Å². The van der Waals surface area contributed by atoms with Crippen LogP contribution >= 0.6 is 0 Å². The maximum atomic E-state index is 9.22. The predicted molar refractivity (Wildman–Crippen MR) is 83.0 cm³/mol. The van der Waals surface area contributed by atoms with Gasteiger partial charge in [0.15, 0.2) is 0 Å². The molecule has 2 aromatic rings. The van der Waals surface area contributed by atoms with Crippen molar-refractivity contribution < 1.29 is 0 Å². The molecular weight excluding hydrogens is 260 g/mol. The maximum Gasteiger partial charge on any atom is 0.227 e. The number of benzene rings is 1. The van der Waals surface area contributed by atoms with E-state index >= 15 is 0 Å². The van der Waals surface area contributed by atoms with Crippen LogP contribution in [0.4, 0.5) is 5.95 Å². The van der Waals surface area contributed by atoms with Crippen LogP contribution in [0.5, 0.6) is 0 Å². The normalized spacial score (nSPS) is 14.8. The average Bonchev–Trinajstić information content (AvgIpc) is 2.56. The third-order valence-electron chi connectivity index (χ3n) is 3.82. The van der Waals surface area contributed by atoms with E-state index in [4.69, 9.17) is 0 Å². The average molecular weight is 278 g/mol. The summed E-state index contributed by atoms with van der Waals surface area (Å²) in [7, 11) is 0. The zero-order chi connectivity index (χ0) is 14.7. The number of nitriles is 1. The topological polar surface area (TPSA) is 52.8 Å². The van der Waals surface area contributed by atoms with E-state index in [1.165, 1.54) is 24.8 Å². The minimum Gasteiger partial charge on any atom is -0.341 e. The van der Waals surface area contributed by atoms with E-state index in [1.54, 1.807) is 6.07 Å². The monoisotopic (exact) mass is 278 g/mol. The summed E-state index contributed by atoms with van der Waals surface area (Å²) in [6.45, 7) is 4.01. The molecule has 0 bridgehead atoms. The van der Waals surface area contributed by atoms with Gasteiger partial charge in [-0.25, -0.2) is 9.97 Å². The third kappa shape index (κ3) is 3.03. The lowest BCUT2D eigenvalue weighted by Gasteiger charge is -2.26. The minimum atomic E-state index is 0.432. The zero-order valence-electron chi connectivity index (χ0n) is 12.2. The summed E-state index contributed by atoms with van der Waals surface area (Å²) in [6.07, 6.45) is 3.60. The lowest BCUT2D eigenvalue weighted by molar-refractivity contribution is 0.568. The van der Waals surface area contributed by atoms with E-state index < -0.39 is 0 Å². The zero-order valence-corrected chi connectivity index (χ0v) is 12.2. The van der Waals surface area contributed by atoms with Crippen molar-refractivity contribution in [3.63, 3.8) is 0 Å². The first-order valence-electron chi connectivity index (χ1n) is 7.37. The van der Waals surface area contributed by atoms with Crippen molar-refractivity contribution >= 4 is 5.95 Å². The van der Waals surface area contributed by atoms with E-state index in [0.717, 1.165) is 24.3 Å². The Hall–Kier alpha value is -2.41. The molecule has 2 heterocycles. The van der Waals surface area contributed by atoms with Crippen molar-refractivity contribution in [2.75, 3.05) is 18.0 Å². The molecule has 1 aliphatic rings. The van der Waals surface area contributed by atoms with Gasteiger partial charge in [0.05, 0.1) is 5.69 Å². The molecule has 4 heteroatoms. The molecule has 0 radical (unpaired) electrons. The summed E-state index contributed by atoms with van der Waals surface area (Å²) in [6, 6.07) is 12.1. The van der Waals surface area contributed by atoms with Crippen LogP contribution in [0.2, 0.25) is 0 Å². The molecular formula is C17H18N4. The van der Waals surface area contributed by atoms with Crippen LogP contribution in [-0.2, 0) is 0 Å². The minimum absolute atomic E-state index is 0.432. The molecule has 0 atom stereocenters. The Balaban J connectivity index is 2.00. The number of piperidine rings is 1. The fourth-order valence-electron chi connectivity index (χ4n) is 2.60. The number of rotatable bonds is 2. The molecule has 1 fully saturated rings. The van der Waals surface area contributed by atoms with Gasteiger partial charge in [0, 0.05) is 24.7 Å². The van der Waals surface area contributed by atoms with Gasteiger partial charge in [0.1, 0.15) is 11.8 Å². The number of hydrogen-bond donors (Lipinski definition) is 0. The Bertz CT molecular complexity index is 664. The van der Waals surface area contributed by atoms with E-state index in [2.05, 4.69) is 40.0 Å². The summed E-state index contributed by atoms with van der Waals surface area (Å²) >= 11 is 0. The molecule has 0 unspecified atom stereocenters. The number of aryl methyl sites for hydroxylation is 1. The molecule has 0 N–H and O–H groups in total. The highest BCUT2D eigenvalue weighted by Gasteiger charge is 2.15. The van der Waals surface area contributed by atoms with Gasteiger partial charge in [0.25, 0.3) is 0 Å². The number of hydrogen-bond acceptors (Lipinski definition) is 4. The highest BCUT2D eigenvalue weighted by molar-refractivity contribution is 5.62. The quantitative estimate of drug-likeness (QED) is 0.845. The van der Waals surface area contributed by atoms with E-state index in [1.807, 2.05) is 12.1 Å². The summed E-state index contributed by atoms with van der Waals surface area (Å²) in [5, 5.41) is 9.22. The number of nitrogens with zero attached hydrogens (tertiary/aromatic N) is 4. The first-order chi connectivity index (χ1) is 10.3. The Morgan fingerprint density at radius 3 is 2.43 bits per heavy atom. The van der Waals surface area contributed by atoms with Gasteiger partial charge in [-0.2, -0.15) is 5.26 Å². The van der Waals surface area contributed by atoms with Gasteiger partial charge < -0.3 is 4.90 Å². The summed E-state index contributed by atoms with van der Waals surface area (Å²) < 4.78 is 0. The highest BCUT2D eigenvalue weighted by atomic mass is 15.3. The second kappa shape index (κ2) is 5.92. The molecule has 21 heavy (non-hydrogen) atoms. The van der Waals surface area contributed by atoms with Crippen molar-refractivity contribution in [2.45, 2.75) is 26.2 Å². The van der Waals surface area contributed by atoms with Crippen molar-refractivity contribution in [3.8, 4) is 17.3 Å². The molecule has 0 saturated carbocycles. The second-order valence-corrected chi connectivity index (χ2v) is 5.46. The van der Waals surface area contributed by atoms with Crippen molar-refractivity contribution in [1.29, 1.82) is 5.26 Å². The molecule has 0 spiro atoms. The van der Waals surface area contributed by atoms with E-state index in [-0.39, 0.29) is 0 Å². The molecule has 0 amide bonds. The van der Waals surface area contributed by atoms with Crippen LogP contribution in [0.25, 0.3) is 11.3 Å². The Morgan fingerprint density at radius 1 is 1.05 bits per heavy atom. The Morgan fingerprint density at radius 2 is 1.76 bits per heavy atom. The third-order valence-corrected chi connectivity index (χ3v) is 3.82. The molecule has 1 aliphatic heterocycles. The molecule has 0 aliphatic carbocycles. The van der Waals surface area contributed by atoms with Gasteiger partial charge in [-0.3, -0.25) is 0 Å². The lowest BCUT2D eigenvalue weighted by atomic mass is 10.1. The largest absolute Gasteiger partial charge is 0.341 e. The molecule has 106 valence electrons. The first kappa shape index (κ1) is 13.6. The standard InChI is InChI=1S/C17H18N4/c1-13-5-7-14(8-6-13)16-11-15(12-18)19-17(20-16)21-9-3-2-4-10-21/h5-8,11H,2-4,9-10H2,1H3. The second-order valence-electron chi connectivity index (χ2n) is 5.46. The molecule has 3 rings (SSSR count). The summed E-state index contributed by atoms with van der Waals surface area (Å²) in [5.41, 5.74) is 3.49. The van der Waals surface area contributed by atoms with Crippen molar-refractivity contribution in [3.05, 3.63) is 41.6 Å². The number of aromatic nitrogens is 2. The molecule has 4 nitrogen and oxygen atoms in total. The van der Waals surface area contributed by atoms with Crippen LogP contribution in [0.1, 0.15) is 30.5 Å². The molecule has 1 aromatic heterocycles. The van der Waals surface area contributed by atoms with Gasteiger partial charge in [-0.15, -0.1) is 0 Å². The van der Waals surface area contributed by atoms with Crippen LogP contribution in [0.3, 0.4) is 0 Å². The summed E-state index contributed by atoms with van der Waals surface area (Å²) in [4.78, 5) is 11.2. The molecule has 1 aromatic carbocycles. The van der Waals surface area contributed by atoms with Crippen LogP contribution in [-0.4, -0.2) is 23.1 Å². The Kier molecular flexibility index (Phi) is 3.83. The smallest absolute Gasteiger partial charge is 0.227 e. The van der Waals surface area contributed by atoms with Crippen LogP contribution in [0.15, 0.2) is 30.3 Å². The SMILES string of the molecule is Cc1ccc(-c2cc(C#N)nc(N3CCCCC3)n2)cc1. The predicted octanol–water partition coefficient (Wildman–Crippen LogP) is 3.31. The Labute approximate surface area is 125 Å².